The number of nitrogens with zero attached hydrogens (tertiary/aromatic N) is 2. The Bertz CT molecular complexity index is 1860. The first-order chi connectivity index (χ1) is 23.6. The van der Waals surface area contributed by atoms with Crippen LogP contribution in [0.3, 0.4) is 0 Å². The van der Waals surface area contributed by atoms with E-state index < -0.39 is 8.07 Å². The Morgan fingerprint density at radius 1 is 0.980 bits per heavy atom. The summed E-state index contributed by atoms with van der Waals surface area (Å²) in [6, 6.07) is 25.2. The normalized spacial score (nSPS) is 20.8. The van der Waals surface area contributed by atoms with E-state index in [0.29, 0.717) is 24.4 Å². The maximum absolute atomic E-state index is 14.5. The second-order valence-corrected chi connectivity index (χ2v) is 18.4. The van der Waals surface area contributed by atoms with Gasteiger partial charge >= 0.3 is 0 Å². The van der Waals surface area contributed by atoms with E-state index in [9.17, 15) is 14.7 Å². The summed E-state index contributed by atoms with van der Waals surface area (Å²) in [5.74, 6) is 1.59. The number of rotatable bonds is 10. The van der Waals surface area contributed by atoms with Gasteiger partial charge in [0.15, 0.2) is 5.75 Å². The highest BCUT2D eigenvalue weighted by molar-refractivity contribution is 6.91. The Labute approximate surface area is 289 Å². The van der Waals surface area contributed by atoms with Gasteiger partial charge in [0.1, 0.15) is 17.6 Å². The number of carbonyl (C=O) groups excluding carboxylic acids is 1. The lowest BCUT2D eigenvalue weighted by Crippen LogP contribution is -2.56. The van der Waals surface area contributed by atoms with Crippen LogP contribution in [0.15, 0.2) is 89.9 Å². The fourth-order valence-corrected chi connectivity index (χ4v) is 11.0. The molecule has 49 heavy (non-hydrogen) atoms. The zero-order chi connectivity index (χ0) is 34.9. The first kappa shape index (κ1) is 34.5. The van der Waals surface area contributed by atoms with E-state index in [1.807, 2.05) is 47.4 Å². The molecule has 1 N–H and O–H groups in total. The molecule has 258 valence electrons. The number of benzene rings is 3. The number of aliphatic hydroxyl groups excluding tert-OH is 1. The van der Waals surface area contributed by atoms with Gasteiger partial charge in [-0.1, -0.05) is 61.6 Å². The zero-order valence-corrected chi connectivity index (χ0v) is 30.1. The average molecular weight is 683 g/mol. The smallest absolute Gasteiger partial charge is 0.297 e. The standard InChI is InChI=1S/C39H46N2O7Si/c1-25-37(47-4)32-21-28(40-19-9-12-34(46-3)39(40)44)13-18-33(32)48-38(25)35(49(5,6)31-16-14-30(45-2)15-17-31)22-36(43)41-23-27-11-8-7-10-26(27)20-29(41)24-42/h7-19,21,25,29,35,37-38,42H,20,22-24H2,1-6H3/t25-,29+,35?,37-,38-/m1/s1. The minimum Gasteiger partial charge on any atom is -0.497 e. The van der Waals surface area contributed by atoms with Crippen LogP contribution in [0.4, 0.5) is 0 Å². The van der Waals surface area contributed by atoms with E-state index in [1.54, 1.807) is 37.1 Å². The number of methoxy groups -OCH3 is 3. The second kappa shape index (κ2) is 14.2. The lowest BCUT2D eigenvalue weighted by Gasteiger charge is -2.46. The average Bonchev–Trinajstić information content (AvgIpc) is 3.13. The van der Waals surface area contributed by atoms with Crippen molar-refractivity contribution >= 4 is 19.2 Å². The molecular weight excluding hydrogens is 637 g/mol. The molecule has 0 fully saturated rings. The van der Waals surface area contributed by atoms with Gasteiger partial charge in [0.25, 0.3) is 5.56 Å². The first-order valence-corrected chi connectivity index (χ1v) is 19.9. The highest BCUT2D eigenvalue weighted by atomic mass is 28.3. The molecule has 1 aromatic heterocycles. The molecule has 3 heterocycles. The molecule has 2 aliphatic heterocycles. The van der Waals surface area contributed by atoms with Gasteiger partial charge in [0.05, 0.1) is 41.0 Å². The summed E-state index contributed by atoms with van der Waals surface area (Å²) in [5, 5.41) is 11.6. The van der Waals surface area contributed by atoms with E-state index in [0.717, 1.165) is 16.9 Å². The van der Waals surface area contributed by atoms with Crippen molar-refractivity contribution < 1.29 is 28.8 Å². The predicted octanol–water partition coefficient (Wildman–Crippen LogP) is 5.26. The highest BCUT2D eigenvalue weighted by Gasteiger charge is 2.49. The lowest BCUT2D eigenvalue weighted by molar-refractivity contribution is -0.136. The minimum absolute atomic E-state index is 0.0101. The topological polar surface area (TPSA) is 99.5 Å². The van der Waals surface area contributed by atoms with Crippen LogP contribution >= 0.6 is 0 Å². The van der Waals surface area contributed by atoms with E-state index in [1.165, 1.54) is 17.9 Å². The number of fused-ring (bicyclic) bond motifs is 2. The van der Waals surface area contributed by atoms with Crippen LogP contribution in [-0.2, 0) is 22.5 Å². The summed E-state index contributed by atoms with van der Waals surface area (Å²) in [4.78, 5) is 29.4. The number of carbonyl (C=O) groups is 1. The summed E-state index contributed by atoms with van der Waals surface area (Å²) >= 11 is 0. The van der Waals surface area contributed by atoms with Crippen molar-refractivity contribution in [3.8, 4) is 22.9 Å². The monoisotopic (exact) mass is 682 g/mol. The fraction of sp³-hybridized carbons (Fsp3) is 0.385. The SMILES string of the molecule is COc1ccc([Si](C)(C)C(CC(=O)N2Cc3ccccc3C[C@H]2CO)[C@@H]2Oc3ccc(-n4cccc(OC)c4=O)cc3[C@H](OC)[C@H]2C)cc1. The van der Waals surface area contributed by atoms with Crippen molar-refractivity contribution in [3.05, 3.63) is 112 Å². The summed E-state index contributed by atoms with van der Waals surface area (Å²) in [5.41, 5.74) is 3.42. The quantitative estimate of drug-likeness (QED) is 0.228. The molecule has 1 amide bonds. The third-order valence-corrected chi connectivity index (χ3v) is 14.9. The van der Waals surface area contributed by atoms with E-state index in [2.05, 4.69) is 44.3 Å². The molecule has 0 spiro atoms. The Morgan fingerprint density at radius 3 is 2.39 bits per heavy atom. The molecule has 0 aliphatic carbocycles. The van der Waals surface area contributed by atoms with Crippen molar-refractivity contribution in [2.45, 2.75) is 63.2 Å². The maximum Gasteiger partial charge on any atom is 0.297 e. The van der Waals surface area contributed by atoms with Crippen LogP contribution in [0.2, 0.25) is 18.6 Å². The summed E-state index contributed by atoms with van der Waals surface area (Å²) in [6.07, 6.45) is 1.91. The van der Waals surface area contributed by atoms with Gasteiger partial charge in [-0.3, -0.25) is 14.2 Å². The van der Waals surface area contributed by atoms with Crippen LogP contribution < -0.4 is 25.0 Å². The number of aromatic nitrogens is 1. The minimum atomic E-state index is -2.45. The van der Waals surface area contributed by atoms with Crippen LogP contribution in [0, 0.1) is 5.92 Å². The lowest BCUT2D eigenvalue weighted by atomic mass is 9.86. The number of hydrogen-bond donors (Lipinski definition) is 1. The zero-order valence-electron chi connectivity index (χ0n) is 29.1. The molecule has 1 unspecified atom stereocenters. The van der Waals surface area contributed by atoms with E-state index >= 15 is 0 Å². The van der Waals surface area contributed by atoms with Gasteiger partial charge in [0, 0.05) is 49.0 Å². The molecule has 9 nitrogen and oxygen atoms in total. The van der Waals surface area contributed by atoms with E-state index in [4.69, 9.17) is 18.9 Å². The first-order valence-electron chi connectivity index (χ1n) is 16.8. The Kier molecular flexibility index (Phi) is 10.0. The Morgan fingerprint density at radius 2 is 1.71 bits per heavy atom. The molecule has 5 atom stereocenters. The number of pyridine rings is 1. The van der Waals surface area contributed by atoms with Gasteiger partial charge in [-0.15, -0.1) is 0 Å². The third-order valence-electron chi connectivity index (χ3n) is 10.7. The Hall–Kier alpha value is -4.38. The van der Waals surface area contributed by atoms with Gasteiger partial charge in [-0.2, -0.15) is 0 Å². The molecule has 2 aliphatic rings. The Balaban J connectivity index is 1.39. The van der Waals surface area contributed by atoms with Crippen molar-refractivity contribution in [2.24, 2.45) is 5.92 Å². The molecule has 0 saturated carbocycles. The second-order valence-electron chi connectivity index (χ2n) is 13.7. The number of hydrogen-bond acceptors (Lipinski definition) is 7. The van der Waals surface area contributed by atoms with Gasteiger partial charge < -0.3 is 29.0 Å². The highest BCUT2D eigenvalue weighted by Crippen LogP contribution is 2.48. The van der Waals surface area contributed by atoms with Crippen LogP contribution in [0.5, 0.6) is 17.2 Å². The molecule has 6 rings (SSSR count). The third kappa shape index (κ3) is 6.52. The summed E-state index contributed by atoms with van der Waals surface area (Å²) in [6.45, 7) is 7.09. The number of aliphatic hydroxyl groups is 1. The van der Waals surface area contributed by atoms with Crippen molar-refractivity contribution in [2.75, 3.05) is 27.9 Å². The molecule has 0 radical (unpaired) electrons. The van der Waals surface area contributed by atoms with Crippen molar-refractivity contribution in [1.29, 1.82) is 0 Å². The maximum atomic E-state index is 14.5. The largest absolute Gasteiger partial charge is 0.497 e. The molecule has 0 saturated heterocycles. The van der Waals surface area contributed by atoms with Gasteiger partial charge in [-0.25, -0.2) is 0 Å². The number of ether oxygens (including phenoxy) is 4. The van der Waals surface area contributed by atoms with Gasteiger partial charge in [0.2, 0.25) is 5.91 Å². The molecule has 4 aromatic rings. The fourth-order valence-electron chi connectivity index (χ4n) is 7.71. The van der Waals surface area contributed by atoms with Crippen molar-refractivity contribution in [3.63, 3.8) is 0 Å². The van der Waals surface area contributed by atoms with E-state index in [-0.39, 0.29) is 60.0 Å². The summed E-state index contributed by atoms with van der Waals surface area (Å²) < 4.78 is 25.4. The molecular formula is C39H46N2O7Si. The molecule has 3 aromatic carbocycles. The van der Waals surface area contributed by atoms with Crippen molar-refractivity contribution in [1.82, 2.24) is 9.47 Å². The van der Waals surface area contributed by atoms with Crippen LogP contribution in [0.1, 0.15) is 36.1 Å². The predicted molar refractivity (Wildman–Crippen MR) is 192 cm³/mol. The summed E-state index contributed by atoms with van der Waals surface area (Å²) in [7, 11) is 2.38. The van der Waals surface area contributed by atoms with Crippen LogP contribution in [-0.4, -0.2) is 68.6 Å². The number of amides is 1. The molecule has 10 heteroatoms. The molecule has 0 bridgehead atoms. The van der Waals surface area contributed by atoms with Crippen LogP contribution in [0.25, 0.3) is 5.69 Å². The van der Waals surface area contributed by atoms with Gasteiger partial charge in [-0.05, 0) is 60.0 Å².